The Morgan fingerprint density at radius 2 is 2.00 bits per heavy atom. The van der Waals surface area contributed by atoms with E-state index in [2.05, 4.69) is 46.8 Å². The number of hydrogen-bond acceptors (Lipinski definition) is 4. The number of halogens is 2. The minimum absolute atomic E-state index is 0.587. The Labute approximate surface area is 121 Å². The molecule has 3 rings (SSSR count). The van der Waals surface area contributed by atoms with Crippen LogP contribution in [0.25, 0.3) is 11.5 Å². The monoisotopic (exact) mass is 368 g/mol. The molecular weight excluding hydrogens is 360 g/mol. The van der Waals surface area contributed by atoms with Crippen LogP contribution in [0.15, 0.2) is 21.2 Å². The Hall–Kier alpha value is -1.01. The molecule has 0 fully saturated rings. The summed E-state index contributed by atoms with van der Waals surface area (Å²) in [7, 11) is 0. The van der Waals surface area contributed by atoms with Crippen LogP contribution >= 0.6 is 31.9 Å². The second kappa shape index (κ2) is 4.59. The van der Waals surface area contributed by atoms with E-state index in [1.165, 1.54) is 0 Å². The number of fused-ring (bicyclic) bond motifs is 1. The lowest BCUT2D eigenvalue weighted by molar-refractivity contribution is 0.899. The lowest BCUT2D eigenvalue weighted by Crippen LogP contribution is -2.03. The SMILES string of the molecule is Nc1nc(-c2ncc(Br)cc2Br)nc2c1CCC2. The lowest BCUT2D eigenvalue weighted by atomic mass is 10.2. The average molecular weight is 370 g/mol. The summed E-state index contributed by atoms with van der Waals surface area (Å²) in [6, 6.07) is 1.93. The van der Waals surface area contributed by atoms with Gasteiger partial charge in [0.1, 0.15) is 11.5 Å². The predicted molar refractivity (Wildman–Crippen MR) is 77.1 cm³/mol. The van der Waals surface area contributed by atoms with Crippen molar-refractivity contribution in [3.8, 4) is 11.5 Å². The van der Waals surface area contributed by atoms with Crippen LogP contribution in [0.1, 0.15) is 17.7 Å². The number of hydrogen-bond donors (Lipinski definition) is 1. The van der Waals surface area contributed by atoms with E-state index in [-0.39, 0.29) is 0 Å². The Morgan fingerprint density at radius 1 is 1.17 bits per heavy atom. The van der Waals surface area contributed by atoms with Crippen molar-refractivity contribution in [1.82, 2.24) is 15.0 Å². The van der Waals surface area contributed by atoms with Gasteiger partial charge in [-0.25, -0.2) is 9.97 Å². The van der Waals surface area contributed by atoms with Crippen molar-refractivity contribution in [1.29, 1.82) is 0 Å². The summed E-state index contributed by atoms with van der Waals surface area (Å²) in [6.07, 6.45) is 4.79. The number of nitrogen functional groups attached to an aromatic ring is 1. The third-order valence-electron chi connectivity index (χ3n) is 2.98. The molecule has 0 spiro atoms. The zero-order valence-corrected chi connectivity index (χ0v) is 12.6. The van der Waals surface area contributed by atoms with Crippen LogP contribution in [0.2, 0.25) is 0 Å². The molecule has 0 aromatic carbocycles. The quantitative estimate of drug-likeness (QED) is 0.838. The van der Waals surface area contributed by atoms with Crippen LogP contribution in [0.3, 0.4) is 0 Å². The van der Waals surface area contributed by atoms with E-state index in [4.69, 9.17) is 5.73 Å². The zero-order valence-electron chi connectivity index (χ0n) is 9.45. The van der Waals surface area contributed by atoms with Gasteiger partial charge in [-0.3, -0.25) is 4.98 Å². The highest BCUT2D eigenvalue weighted by atomic mass is 79.9. The zero-order chi connectivity index (χ0) is 12.7. The van der Waals surface area contributed by atoms with Crippen molar-refractivity contribution in [3.63, 3.8) is 0 Å². The third kappa shape index (κ3) is 2.03. The highest BCUT2D eigenvalue weighted by molar-refractivity contribution is 9.11. The summed E-state index contributed by atoms with van der Waals surface area (Å²) in [5, 5.41) is 0. The van der Waals surface area contributed by atoms with Gasteiger partial charge in [0.05, 0.1) is 0 Å². The molecule has 0 saturated heterocycles. The topological polar surface area (TPSA) is 64.7 Å². The number of pyridine rings is 1. The number of aromatic nitrogens is 3. The van der Waals surface area contributed by atoms with Crippen LogP contribution in [0, 0.1) is 0 Å². The molecule has 0 amide bonds. The van der Waals surface area contributed by atoms with E-state index in [9.17, 15) is 0 Å². The normalized spacial score (nSPS) is 13.7. The van der Waals surface area contributed by atoms with Gasteiger partial charge in [0.25, 0.3) is 0 Å². The van der Waals surface area contributed by atoms with Gasteiger partial charge in [-0.15, -0.1) is 0 Å². The lowest BCUT2D eigenvalue weighted by Gasteiger charge is -2.07. The van der Waals surface area contributed by atoms with Crippen molar-refractivity contribution < 1.29 is 0 Å². The highest BCUT2D eigenvalue weighted by Gasteiger charge is 2.19. The van der Waals surface area contributed by atoms with E-state index in [0.717, 1.165) is 45.2 Å². The number of rotatable bonds is 1. The van der Waals surface area contributed by atoms with Crippen LogP contribution in [-0.2, 0) is 12.8 Å². The first kappa shape index (κ1) is 12.0. The largest absolute Gasteiger partial charge is 0.383 e. The summed E-state index contributed by atoms with van der Waals surface area (Å²) >= 11 is 6.85. The minimum atomic E-state index is 0.587. The molecule has 6 heteroatoms. The molecule has 0 unspecified atom stereocenters. The first-order valence-electron chi connectivity index (χ1n) is 5.62. The van der Waals surface area contributed by atoms with Crippen LogP contribution < -0.4 is 5.73 Å². The molecule has 2 heterocycles. The number of nitrogens with zero attached hydrogens (tertiary/aromatic N) is 3. The first-order chi connectivity index (χ1) is 8.65. The Morgan fingerprint density at radius 3 is 2.78 bits per heavy atom. The molecular formula is C12H10Br2N4. The number of nitrogens with two attached hydrogens (primary N) is 1. The summed E-state index contributed by atoms with van der Waals surface area (Å²) in [5.41, 5.74) is 8.88. The van der Waals surface area contributed by atoms with Crippen LogP contribution in [0.5, 0.6) is 0 Å². The fourth-order valence-electron chi connectivity index (χ4n) is 2.15. The van der Waals surface area contributed by atoms with Gasteiger partial charge in [-0.2, -0.15) is 0 Å². The maximum Gasteiger partial charge on any atom is 0.181 e. The molecule has 0 atom stereocenters. The van der Waals surface area contributed by atoms with Gasteiger partial charge in [-0.1, -0.05) is 0 Å². The molecule has 18 heavy (non-hydrogen) atoms. The Bertz CT molecular complexity index is 628. The molecule has 0 saturated carbocycles. The molecule has 92 valence electrons. The summed E-state index contributed by atoms with van der Waals surface area (Å²) < 4.78 is 1.77. The number of aryl methyl sites for hydroxylation is 1. The first-order valence-corrected chi connectivity index (χ1v) is 7.20. The molecule has 1 aliphatic rings. The molecule has 2 aromatic rings. The molecule has 0 bridgehead atoms. The third-order valence-corrected chi connectivity index (χ3v) is 4.02. The summed E-state index contributed by atoms with van der Waals surface area (Å²) in [6.45, 7) is 0. The second-order valence-corrected chi connectivity index (χ2v) is 5.97. The maximum atomic E-state index is 5.99. The van der Waals surface area contributed by atoms with E-state index in [1.807, 2.05) is 6.07 Å². The van der Waals surface area contributed by atoms with Gasteiger partial charge in [0.15, 0.2) is 5.82 Å². The number of anilines is 1. The van der Waals surface area contributed by atoms with Gasteiger partial charge >= 0.3 is 0 Å². The van der Waals surface area contributed by atoms with Crippen molar-refractivity contribution in [2.24, 2.45) is 0 Å². The van der Waals surface area contributed by atoms with Crippen molar-refractivity contribution in [2.75, 3.05) is 5.73 Å². The van der Waals surface area contributed by atoms with Gasteiger partial charge in [-0.05, 0) is 57.2 Å². The standard InChI is InChI=1S/C12H10Br2N4/c13-6-4-8(14)10(16-5-6)12-17-9-3-1-2-7(9)11(15)18-12/h4-5H,1-3H2,(H2,15,17,18). The van der Waals surface area contributed by atoms with Crippen molar-refractivity contribution in [2.45, 2.75) is 19.3 Å². The van der Waals surface area contributed by atoms with E-state index >= 15 is 0 Å². The van der Waals surface area contributed by atoms with E-state index in [0.29, 0.717) is 11.6 Å². The Balaban J connectivity index is 2.15. The molecule has 2 aromatic heterocycles. The van der Waals surface area contributed by atoms with Crippen LogP contribution in [0.4, 0.5) is 5.82 Å². The molecule has 4 nitrogen and oxygen atoms in total. The Kier molecular flexibility index (Phi) is 3.07. The van der Waals surface area contributed by atoms with Crippen molar-refractivity contribution in [3.05, 3.63) is 32.5 Å². The van der Waals surface area contributed by atoms with Gasteiger partial charge < -0.3 is 5.73 Å². The van der Waals surface area contributed by atoms with E-state index in [1.54, 1.807) is 6.20 Å². The van der Waals surface area contributed by atoms with Gasteiger partial charge in [0.2, 0.25) is 0 Å². The fourth-order valence-corrected chi connectivity index (χ4v) is 3.31. The predicted octanol–water partition coefficient (Wildman–Crippen LogP) is 3.13. The minimum Gasteiger partial charge on any atom is -0.383 e. The highest BCUT2D eigenvalue weighted by Crippen LogP contribution is 2.30. The summed E-state index contributed by atoms with van der Waals surface area (Å²) in [5.74, 6) is 1.18. The van der Waals surface area contributed by atoms with E-state index < -0.39 is 0 Å². The average Bonchev–Trinajstić information content (AvgIpc) is 2.77. The fraction of sp³-hybridized carbons (Fsp3) is 0.250. The maximum absolute atomic E-state index is 5.99. The van der Waals surface area contributed by atoms with Gasteiger partial charge in [0, 0.05) is 26.4 Å². The molecule has 0 radical (unpaired) electrons. The van der Waals surface area contributed by atoms with Crippen LogP contribution in [-0.4, -0.2) is 15.0 Å². The molecule has 0 aliphatic heterocycles. The summed E-state index contributed by atoms with van der Waals surface area (Å²) in [4.78, 5) is 13.3. The molecule has 1 aliphatic carbocycles. The van der Waals surface area contributed by atoms with Crippen molar-refractivity contribution >= 4 is 37.7 Å². The molecule has 2 N–H and O–H groups in total. The smallest absolute Gasteiger partial charge is 0.181 e. The second-order valence-electron chi connectivity index (χ2n) is 4.20.